The Morgan fingerprint density at radius 2 is 2.36 bits per heavy atom. The van der Waals surface area contributed by atoms with Crippen LogP contribution in [0, 0.1) is 6.92 Å². The highest BCUT2D eigenvalue weighted by atomic mass is 16.6. The van der Waals surface area contributed by atoms with Crippen LogP contribution in [0.25, 0.3) is 0 Å². The average Bonchev–Trinajstić information content (AvgIpc) is 2.98. The zero-order valence-electron chi connectivity index (χ0n) is 8.19. The van der Waals surface area contributed by atoms with Gasteiger partial charge in [-0.15, -0.1) is 0 Å². The Kier molecular flexibility index (Phi) is 2.70. The third-order valence-electron chi connectivity index (χ3n) is 2.22. The maximum absolute atomic E-state index is 9.08. The molecule has 1 unspecified atom stereocenters. The van der Waals surface area contributed by atoms with Crippen molar-refractivity contribution in [2.24, 2.45) is 0 Å². The number of aliphatic hydroxyl groups is 1. The molecule has 0 bridgehead atoms. The summed E-state index contributed by atoms with van der Waals surface area (Å²) in [6.07, 6.45) is 0.252. The lowest BCUT2D eigenvalue weighted by Gasteiger charge is -2.09. The van der Waals surface area contributed by atoms with Gasteiger partial charge in [-0.1, -0.05) is 12.1 Å². The third-order valence-corrected chi connectivity index (χ3v) is 2.22. The van der Waals surface area contributed by atoms with Gasteiger partial charge >= 0.3 is 0 Å². The van der Waals surface area contributed by atoms with Crippen molar-refractivity contribution in [2.45, 2.75) is 19.6 Å². The van der Waals surface area contributed by atoms with Crippen LogP contribution in [-0.2, 0) is 11.3 Å². The van der Waals surface area contributed by atoms with Gasteiger partial charge in [0.1, 0.15) is 18.5 Å². The first-order valence-electron chi connectivity index (χ1n) is 4.74. The Balaban J connectivity index is 2.07. The molecule has 0 aromatic heterocycles. The summed E-state index contributed by atoms with van der Waals surface area (Å²) in [5.41, 5.74) is 1.96. The molecule has 0 aliphatic carbocycles. The Morgan fingerprint density at radius 1 is 1.57 bits per heavy atom. The molecule has 1 aliphatic rings. The Bertz CT molecular complexity index is 318. The van der Waals surface area contributed by atoms with Gasteiger partial charge in [0.25, 0.3) is 0 Å². The van der Waals surface area contributed by atoms with Crippen LogP contribution in [-0.4, -0.2) is 24.4 Å². The van der Waals surface area contributed by atoms with Crippen LogP contribution in [0.4, 0.5) is 0 Å². The normalized spacial score (nSPS) is 19.4. The van der Waals surface area contributed by atoms with Gasteiger partial charge in [0.2, 0.25) is 0 Å². The monoisotopic (exact) mass is 194 g/mol. The zero-order valence-corrected chi connectivity index (χ0v) is 8.19. The minimum atomic E-state index is 0.0150. The summed E-state index contributed by atoms with van der Waals surface area (Å²) in [7, 11) is 0. The summed E-state index contributed by atoms with van der Waals surface area (Å²) in [5.74, 6) is 0.767. The second-order valence-corrected chi connectivity index (χ2v) is 3.54. The molecule has 0 amide bonds. The van der Waals surface area contributed by atoms with Crippen molar-refractivity contribution < 1.29 is 14.6 Å². The fraction of sp³-hybridized carbons (Fsp3) is 0.455. The molecule has 14 heavy (non-hydrogen) atoms. The number of benzene rings is 1. The quantitative estimate of drug-likeness (QED) is 0.734. The van der Waals surface area contributed by atoms with Crippen molar-refractivity contribution in [3.63, 3.8) is 0 Å². The number of hydrogen-bond donors (Lipinski definition) is 1. The summed E-state index contributed by atoms with van der Waals surface area (Å²) in [6.45, 7) is 3.39. The maximum atomic E-state index is 9.08. The molecule has 0 saturated carbocycles. The SMILES string of the molecule is Cc1ccc(CO)c(OCC2CO2)c1. The van der Waals surface area contributed by atoms with Crippen molar-refractivity contribution in [2.75, 3.05) is 13.2 Å². The topological polar surface area (TPSA) is 42.0 Å². The molecule has 3 heteroatoms. The molecule has 1 fully saturated rings. The van der Waals surface area contributed by atoms with Crippen molar-refractivity contribution in [1.82, 2.24) is 0 Å². The van der Waals surface area contributed by atoms with Crippen LogP contribution in [0.3, 0.4) is 0 Å². The zero-order chi connectivity index (χ0) is 9.97. The largest absolute Gasteiger partial charge is 0.490 e. The average molecular weight is 194 g/mol. The number of aliphatic hydroxyl groups excluding tert-OH is 1. The van der Waals surface area contributed by atoms with Crippen LogP contribution in [0.15, 0.2) is 18.2 Å². The first-order valence-corrected chi connectivity index (χ1v) is 4.74. The number of aryl methyl sites for hydroxylation is 1. The van der Waals surface area contributed by atoms with E-state index < -0.39 is 0 Å². The predicted molar refractivity (Wildman–Crippen MR) is 52.3 cm³/mol. The smallest absolute Gasteiger partial charge is 0.125 e. The molecule has 1 aliphatic heterocycles. The van der Waals surface area contributed by atoms with Gasteiger partial charge < -0.3 is 14.6 Å². The lowest BCUT2D eigenvalue weighted by molar-refractivity contribution is 0.243. The fourth-order valence-electron chi connectivity index (χ4n) is 1.27. The van der Waals surface area contributed by atoms with E-state index in [1.165, 1.54) is 0 Å². The molecule has 0 spiro atoms. The van der Waals surface area contributed by atoms with Gasteiger partial charge in [-0.25, -0.2) is 0 Å². The summed E-state index contributed by atoms with van der Waals surface area (Å²) in [5, 5.41) is 9.08. The molecule has 1 aromatic rings. The molecule has 1 aromatic carbocycles. The van der Waals surface area contributed by atoms with Crippen molar-refractivity contribution >= 4 is 0 Å². The van der Waals surface area contributed by atoms with E-state index >= 15 is 0 Å². The first-order chi connectivity index (χ1) is 6.79. The molecular formula is C11H14O3. The van der Waals surface area contributed by atoms with E-state index in [1.54, 1.807) is 0 Å². The van der Waals surface area contributed by atoms with Gasteiger partial charge in [0.05, 0.1) is 13.2 Å². The Hall–Kier alpha value is -1.06. The molecule has 3 nitrogen and oxygen atoms in total. The summed E-state index contributed by atoms with van der Waals surface area (Å²) < 4.78 is 10.6. The number of epoxide rings is 1. The molecule has 1 heterocycles. The number of hydrogen-bond acceptors (Lipinski definition) is 3. The molecule has 2 rings (SSSR count). The molecule has 1 saturated heterocycles. The van der Waals surface area contributed by atoms with Gasteiger partial charge in [-0.05, 0) is 18.6 Å². The van der Waals surface area contributed by atoms with Crippen LogP contribution in [0.2, 0.25) is 0 Å². The van der Waals surface area contributed by atoms with E-state index in [-0.39, 0.29) is 12.7 Å². The van der Waals surface area contributed by atoms with E-state index in [2.05, 4.69) is 0 Å². The molecule has 0 radical (unpaired) electrons. The second kappa shape index (κ2) is 3.98. The minimum Gasteiger partial charge on any atom is -0.490 e. The van der Waals surface area contributed by atoms with Crippen molar-refractivity contribution in [3.05, 3.63) is 29.3 Å². The highest BCUT2D eigenvalue weighted by Gasteiger charge is 2.23. The lowest BCUT2D eigenvalue weighted by Crippen LogP contribution is -2.06. The van der Waals surface area contributed by atoms with Gasteiger partial charge in [-0.2, -0.15) is 0 Å². The van der Waals surface area contributed by atoms with Crippen LogP contribution < -0.4 is 4.74 Å². The lowest BCUT2D eigenvalue weighted by atomic mass is 10.1. The highest BCUT2D eigenvalue weighted by Crippen LogP contribution is 2.21. The van der Waals surface area contributed by atoms with Crippen LogP contribution in [0.1, 0.15) is 11.1 Å². The summed E-state index contributed by atoms with van der Waals surface area (Å²) >= 11 is 0. The van der Waals surface area contributed by atoms with Gasteiger partial charge in [0, 0.05) is 5.56 Å². The van der Waals surface area contributed by atoms with Gasteiger partial charge in [0.15, 0.2) is 0 Å². The fourth-order valence-corrected chi connectivity index (χ4v) is 1.27. The van der Waals surface area contributed by atoms with E-state index in [4.69, 9.17) is 14.6 Å². The minimum absolute atomic E-state index is 0.0150. The van der Waals surface area contributed by atoms with Crippen molar-refractivity contribution in [3.8, 4) is 5.75 Å². The molecule has 1 N–H and O–H groups in total. The molecule has 76 valence electrons. The van der Waals surface area contributed by atoms with Crippen molar-refractivity contribution in [1.29, 1.82) is 0 Å². The van der Waals surface area contributed by atoms with E-state index in [1.807, 2.05) is 25.1 Å². The van der Waals surface area contributed by atoms with Crippen LogP contribution in [0.5, 0.6) is 5.75 Å². The van der Waals surface area contributed by atoms with Crippen LogP contribution >= 0.6 is 0 Å². The van der Waals surface area contributed by atoms with Gasteiger partial charge in [-0.3, -0.25) is 0 Å². The summed E-state index contributed by atoms with van der Waals surface area (Å²) in [6, 6.07) is 5.79. The van der Waals surface area contributed by atoms with E-state index in [9.17, 15) is 0 Å². The maximum Gasteiger partial charge on any atom is 0.125 e. The first kappa shape index (κ1) is 9.49. The Morgan fingerprint density at radius 3 is 3.00 bits per heavy atom. The molecule has 1 atom stereocenters. The second-order valence-electron chi connectivity index (χ2n) is 3.54. The number of rotatable bonds is 4. The third kappa shape index (κ3) is 2.25. The number of ether oxygens (including phenoxy) is 2. The molecular weight excluding hydrogens is 180 g/mol. The highest BCUT2D eigenvalue weighted by molar-refractivity contribution is 5.36. The standard InChI is InChI=1S/C11H14O3/c1-8-2-3-9(5-12)11(4-8)14-7-10-6-13-10/h2-4,10,12H,5-7H2,1H3. The van der Waals surface area contributed by atoms with E-state index in [0.717, 1.165) is 23.5 Å². The Labute approximate surface area is 83.3 Å². The summed E-state index contributed by atoms with van der Waals surface area (Å²) in [4.78, 5) is 0. The van der Waals surface area contributed by atoms with E-state index in [0.29, 0.717) is 6.61 Å². The predicted octanol–water partition coefficient (Wildman–Crippen LogP) is 1.26.